The molecule has 0 spiro atoms. The van der Waals surface area contributed by atoms with Crippen molar-refractivity contribution in [2.24, 2.45) is 0 Å². The molecule has 0 saturated heterocycles. The standard InChI is InChI=1S/C16H16Cl2N2O/c1-3-19-14-6-4-11(8-10(14)2)16(21)20-15-7-5-12(17)9-13(15)18/h4-9,19H,3H2,1-2H3,(H,20,21). The lowest BCUT2D eigenvalue weighted by Crippen LogP contribution is -2.12. The summed E-state index contributed by atoms with van der Waals surface area (Å²) in [7, 11) is 0. The predicted octanol–water partition coefficient (Wildman–Crippen LogP) is 4.99. The van der Waals surface area contributed by atoms with Crippen molar-refractivity contribution in [2.75, 3.05) is 17.2 Å². The van der Waals surface area contributed by atoms with E-state index in [9.17, 15) is 4.79 Å². The Kier molecular flexibility index (Phi) is 5.10. The van der Waals surface area contributed by atoms with Crippen LogP contribution in [0.4, 0.5) is 11.4 Å². The molecule has 0 saturated carbocycles. The molecule has 5 heteroatoms. The number of carbonyl (C=O) groups is 1. The van der Waals surface area contributed by atoms with Crippen molar-refractivity contribution in [1.82, 2.24) is 0 Å². The third-order valence-corrected chi connectivity index (χ3v) is 3.58. The Bertz CT molecular complexity index is 671. The zero-order valence-corrected chi connectivity index (χ0v) is 13.3. The largest absolute Gasteiger partial charge is 0.385 e. The van der Waals surface area contributed by atoms with Gasteiger partial charge in [-0.05, 0) is 55.8 Å². The smallest absolute Gasteiger partial charge is 0.255 e. The van der Waals surface area contributed by atoms with E-state index in [4.69, 9.17) is 23.2 Å². The topological polar surface area (TPSA) is 41.1 Å². The van der Waals surface area contributed by atoms with Gasteiger partial charge >= 0.3 is 0 Å². The van der Waals surface area contributed by atoms with E-state index >= 15 is 0 Å². The van der Waals surface area contributed by atoms with Gasteiger partial charge in [-0.1, -0.05) is 23.2 Å². The molecule has 0 unspecified atom stereocenters. The maximum absolute atomic E-state index is 12.2. The number of nitrogens with one attached hydrogen (secondary N) is 2. The molecule has 0 fully saturated rings. The van der Waals surface area contributed by atoms with E-state index in [-0.39, 0.29) is 5.91 Å². The van der Waals surface area contributed by atoms with Crippen LogP contribution >= 0.6 is 23.2 Å². The third-order valence-electron chi connectivity index (χ3n) is 3.04. The molecule has 2 rings (SSSR count). The van der Waals surface area contributed by atoms with Gasteiger partial charge in [-0.15, -0.1) is 0 Å². The van der Waals surface area contributed by atoms with Crippen LogP contribution in [-0.2, 0) is 0 Å². The molecule has 0 aliphatic rings. The highest BCUT2D eigenvalue weighted by atomic mass is 35.5. The number of aryl methyl sites for hydroxylation is 1. The van der Waals surface area contributed by atoms with Crippen molar-refractivity contribution < 1.29 is 4.79 Å². The van der Waals surface area contributed by atoms with Gasteiger partial charge in [0, 0.05) is 22.8 Å². The van der Waals surface area contributed by atoms with Crippen LogP contribution in [0, 0.1) is 6.92 Å². The Hall–Kier alpha value is -1.71. The Labute approximate surface area is 134 Å². The van der Waals surface area contributed by atoms with E-state index in [0.717, 1.165) is 17.8 Å². The maximum atomic E-state index is 12.2. The highest BCUT2D eigenvalue weighted by molar-refractivity contribution is 6.36. The first-order chi connectivity index (χ1) is 10.0. The molecule has 0 radical (unpaired) electrons. The lowest BCUT2D eigenvalue weighted by atomic mass is 10.1. The average Bonchev–Trinajstić information content (AvgIpc) is 2.44. The van der Waals surface area contributed by atoms with Gasteiger partial charge in [0.1, 0.15) is 0 Å². The molecule has 21 heavy (non-hydrogen) atoms. The summed E-state index contributed by atoms with van der Waals surface area (Å²) in [6.45, 7) is 4.83. The number of amides is 1. The van der Waals surface area contributed by atoms with Crippen molar-refractivity contribution >= 4 is 40.5 Å². The molecular weight excluding hydrogens is 307 g/mol. The number of anilines is 2. The Morgan fingerprint density at radius 1 is 1.10 bits per heavy atom. The average molecular weight is 323 g/mol. The minimum atomic E-state index is -0.203. The Morgan fingerprint density at radius 3 is 2.43 bits per heavy atom. The Morgan fingerprint density at radius 2 is 1.81 bits per heavy atom. The van der Waals surface area contributed by atoms with Gasteiger partial charge in [-0.2, -0.15) is 0 Å². The molecule has 2 N–H and O–H groups in total. The number of halogens is 2. The SMILES string of the molecule is CCNc1ccc(C(=O)Nc2ccc(Cl)cc2Cl)cc1C. The summed E-state index contributed by atoms with van der Waals surface area (Å²) in [5.74, 6) is -0.203. The zero-order valence-electron chi connectivity index (χ0n) is 11.8. The molecule has 0 aliphatic heterocycles. The maximum Gasteiger partial charge on any atom is 0.255 e. The van der Waals surface area contributed by atoms with Crippen LogP contribution in [0.1, 0.15) is 22.8 Å². The van der Waals surface area contributed by atoms with Crippen molar-refractivity contribution in [3.8, 4) is 0 Å². The van der Waals surface area contributed by atoms with Crippen LogP contribution in [0.3, 0.4) is 0 Å². The van der Waals surface area contributed by atoms with Gasteiger partial charge in [0.25, 0.3) is 5.91 Å². The normalized spacial score (nSPS) is 10.3. The van der Waals surface area contributed by atoms with Crippen molar-refractivity contribution in [3.05, 3.63) is 57.6 Å². The van der Waals surface area contributed by atoms with Crippen molar-refractivity contribution in [1.29, 1.82) is 0 Å². The van der Waals surface area contributed by atoms with E-state index in [1.54, 1.807) is 24.3 Å². The van der Waals surface area contributed by atoms with Crippen LogP contribution in [0.25, 0.3) is 0 Å². The second-order valence-corrected chi connectivity index (χ2v) is 5.48. The minimum absolute atomic E-state index is 0.203. The van der Waals surface area contributed by atoms with E-state index in [1.165, 1.54) is 0 Å². The molecule has 3 nitrogen and oxygen atoms in total. The number of benzene rings is 2. The summed E-state index contributed by atoms with van der Waals surface area (Å²) in [4.78, 5) is 12.2. The summed E-state index contributed by atoms with van der Waals surface area (Å²) in [5.41, 5.74) is 3.17. The van der Waals surface area contributed by atoms with Gasteiger partial charge in [-0.25, -0.2) is 0 Å². The highest BCUT2D eigenvalue weighted by Gasteiger charge is 2.10. The predicted molar refractivity (Wildman–Crippen MR) is 89.8 cm³/mol. The minimum Gasteiger partial charge on any atom is -0.385 e. The molecule has 0 atom stereocenters. The van der Waals surface area contributed by atoms with E-state index in [2.05, 4.69) is 10.6 Å². The van der Waals surface area contributed by atoms with Crippen molar-refractivity contribution in [2.45, 2.75) is 13.8 Å². The summed E-state index contributed by atoms with van der Waals surface area (Å²) in [6, 6.07) is 10.5. The summed E-state index contributed by atoms with van der Waals surface area (Å²) < 4.78 is 0. The van der Waals surface area contributed by atoms with Gasteiger partial charge in [-0.3, -0.25) is 4.79 Å². The molecule has 0 aromatic heterocycles. The first-order valence-electron chi connectivity index (χ1n) is 6.62. The quantitative estimate of drug-likeness (QED) is 0.832. The molecule has 2 aromatic carbocycles. The number of hydrogen-bond acceptors (Lipinski definition) is 2. The van der Waals surface area contributed by atoms with Gasteiger partial charge < -0.3 is 10.6 Å². The number of carbonyl (C=O) groups excluding carboxylic acids is 1. The van der Waals surface area contributed by atoms with E-state index in [1.807, 2.05) is 26.0 Å². The van der Waals surface area contributed by atoms with Crippen LogP contribution < -0.4 is 10.6 Å². The van der Waals surface area contributed by atoms with Crippen LogP contribution in [0.5, 0.6) is 0 Å². The van der Waals surface area contributed by atoms with Gasteiger partial charge in [0.15, 0.2) is 0 Å². The molecule has 1 amide bonds. The fourth-order valence-corrected chi connectivity index (χ4v) is 2.43. The van der Waals surface area contributed by atoms with Gasteiger partial charge in [0.05, 0.1) is 10.7 Å². The first kappa shape index (κ1) is 15.7. The number of rotatable bonds is 4. The molecule has 110 valence electrons. The van der Waals surface area contributed by atoms with Crippen LogP contribution in [0.2, 0.25) is 10.0 Å². The van der Waals surface area contributed by atoms with Crippen LogP contribution in [0.15, 0.2) is 36.4 Å². The lowest BCUT2D eigenvalue weighted by molar-refractivity contribution is 0.102. The zero-order chi connectivity index (χ0) is 15.4. The summed E-state index contributed by atoms with van der Waals surface area (Å²) in [6.07, 6.45) is 0. The second kappa shape index (κ2) is 6.83. The molecule has 0 heterocycles. The van der Waals surface area contributed by atoms with Crippen molar-refractivity contribution in [3.63, 3.8) is 0 Å². The molecule has 0 aliphatic carbocycles. The molecule has 2 aromatic rings. The van der Waals surface area contributed by atoms with E-state index in [0.29, 0.717) is 21.3 Å². The fourth-order valence-electron chi connectivity index (χ4n) is 1.98. The molecular formula is C16H16Cl2N2O. The molecule has 0 bridgehead atoms. The third kappa shape index (κ3) is 3.90. The van der Waals surface area contributed by atoms with Gasteiger partial charge in [0.2, 0.25) is 0 Å². The van der Waals surface area contributed by atoms with E-state index < -0.39 is 0 Å². The highest BCUT2D eigenvalue weighted by Crippen LogP contribution is 2.26. The first-order valence-corrected chi connectivity index (χ1v) is 7.37. The fraction of sp³-hybridized carbons (Fsp3) is 0.188. The van der Waals surface area contributed by atoms with Crippen LogP contribution in [-0.4, -0.2) is 12.5 Å². The summed E-state index contributed by atoms with van der Waals surface area (Å²) >= 11 is 11.9. The lowest BCUT2D eigenvalue weighted by Gasteiger charge is -2.11. The Balaban J connectivity index is 2.18. The number of hydrogen-bond donors (Lipinski definition) is 2. The monoisotopic (exact) mass is 322 g/mol. The second-order valence-electron chi connectivity index (χ2n) is 4.64. The summed E-state index contributed by atoms with van der Waals surface area (Å²) in [5, 5.41) is 6.97.